The molecule has 0 bridgehead atoms. The van der Waals surface area contributed by atoms with Gasteiger partial charge in [-0.05, 0) is 44.7 Å². The first-order valence-corrected chi connectivity index (χ1v) is 7.02. The van der Waals surface area contributed by atoms with E-state index in [0.29, 0.717) is 6.04 Å². The molecule has 0 atom stereocenters. The highest BCUT2D eigenvalue weighted by molar-refractivity contribution is 5.53. The number of hydrogen-bond acceptors (Lipinski definition) is 3. The van der Waals surface area contributed by atoms with E-state index < -0.39 is 0 Å². The van der Waals surface area contributed by atoms with Crippen LogP contribution in [0.25, 0.3) is 0 Å². The Hall–Kier alpha value is -1.09. The van der Waals surface area contributed by atoms with E-state index in [4.69, 9.17) is 0 Å². The molecule has 0 spiro atoms. The highest BCUT2D eigenvalue weighted by Gasteiger charge is 2.31. The smallest absolute Gasteiger partial charge is 0.134 e. The molecule has 1 heterocycles. The molecule has 0 amide bonds. The fraction of sp³-hybridized carbons (Fsp3) is 0.667. The number of hydrogen-bond donors (Lipinski definition) is 1. The van der Waals surface area contributed by atoms with Crippen molar-refractivity contribution in [1.82, 2.24) is 4.98 Å². The van der Waals surface area contributed by atoms with Crippen molar-refractivity contribution in [1.29, 1.82) is 0 Å². The van der Waals surface area contributed by atoms with E-state index in [1.807, 2.05) is 6.92 Å². The number of aryl methyl sites for hydroxylation is 2. The Labute approximate surface area is 110 Å². The van der Waals surface area contributed by atoms with Crippen LogP contribution in [-0.2, 0) is 6.61 Å². The van der Waals surface area contributed by atoms with Crippen LogP contribution in [-0.4, -0.2) is 22.7 Å². The molecule has 100 valence electrons. The molecule has 1 aliphatic rings. The molecule has 0 aliphatic heterocycles. The fourth-order valence-electron chi connectivity index (χ4n) is 2.45. The van der Waals surface area contributed by atoms with E-state index in [1.165, 1.54) is 25.7 Å². The van der Waals surface area contributed by atoms with Crippen molar-refractivity contribution in [2.75, 3.05) is 11.4 Å². The molecule has 1 aromatic heterocycles. The lowest BCUT2D eigenvalue weighted by Crippen LogP contribution is -2.29. The van der Waals surface area contributed by atoms with Crippen molar-refractivity contribution < 1.29 is 5.11 Å². The van der Waals surface area contributed by atoms with Gasteiger partial charge in [-0.2, -0.15) is 0 Å². The zero-order valence-corrected chi connectivity index (χ0v) is 11.7. The lowest BCUT2D eigenvalue weighted by molar-refractivity contribution is 0.280. The minimum atomic E-state index is 0.0871. The number of aliphatic hydroxyl groups excluding tert-OH is 1. The molecule has 0 aromatic carbocycles. The first kappa shape index (κ1) is 13.3. The Kier molecular flexibility index (Phi) is 4.23. The van der Waals surface area contributed by atoms with Crippen molar-refractivity contribution in [3.63, 3.8) is 0 Å². The maximum absolute atomic E-state index is 9.60. The van der Waals surface area contributed by atoms with Crippen LogP contribution in [0.5, 0.6) is 0 Å². The molecule has 1 fully saturated rings. The van der Waals surface area contributed by atoms with Gasteiger partial charge in [0.25, 0.3) is 0 Å². The maximum atomic E-state index is 9.60. The van der Waals surface area contributed by atoms with Crippen molar-refractivity contribution >= 4 is 5.82 Å². The topological polar surface area (TPSA) is 36.4 Å². The highest BCUT2D eigenvalue weighted by atomic mass is 16.3. The molecule has 1 saturated carbocycles. The van der Waals surface area contributed by atoms with Gasteiger partial charge in [0, 0.05) is 23.8 Å². The number of pyridine rings is 1. The minimum Gasteiger partial charge on any atom is -0.392 e. The third-order valence-corrected chi connectivity index (χ3v) is 3.62. The third kappa shape index (κ3) is 2.83. The summed E-state index contributed by atoms with van der Waals surface area (Å²) in [6.07, 6.45) is 4.92. The largest absolute Gasteiger partial charge is 0.392 e. The lowest BCUT2D eigenvalue weighted by atomic mass is 10.1. The number of nitrogens with zero attached hydrogens (tertiary/aromatic N) is 2. The van der Waals surface area contributed by atoms with E-state index >= 15 is 0 Å². The van der Waals surface area contributed by atoms with E-state index in [2.05, 4.69) is 29.8 Å². The van der Waals surface area contributed by atoms with E-state index in [0.717, 1.165) is 29.2 Å². The zero-order chi connectivity index (χ0) is 13.1. The molecule has 0 unspecified atom stereocenters. The predicted molar refractivity (Wildman–Crippen MR) is 74.9 cm³/mol. The lowest BCUT2D eigenvalue weighted by Gasteiger charge is -2.26. The summed E-state index contributed by atoms with van der Waals surface area (Å²) < 4.78 is 0. The summed E-state index contributed by atoms with van der Waals surface area (Å²) in [5.41, 5.74) is 3.20. The van der Waals surface area contributed by atoms with Crippen LogP contribution < -0.4 is 4.90 Å². The Balaban J connectivity index is 2.33. The van der Waals surface area contributed by atoms with Crippen LogP contribution >= 0.6 is 0 Å². The van der Waals surface area contributed by atoms with E-state index in [9.17, 15) is 5.11 Å². The van der Waals surface area contributed by atoms with Crippen molar-refractivity contribution in [3.05, 3.63) is 22.9 Å². The molecule has 3 heteroatoms. The molecule has 1 aromatic rings. The van der Waals surface area contributed by atoms with Crippen LogP contribution in [0.15, 0.2) is 6.07 Å². The number of rotatable bonds is 6. The quantitative estimate of drug-likeness (QED) is 0.841. The standard InChI is InChI=1S/C15H24N2O/c1-4-5-8-17(13-6-7-13)15-14(10-18)11(2)9-12(3)16-15/h9,13,18H,4-8,10H2,1-3H3. The normalized spacial score (nSPS) is 14.9. The Morgan fingerprint density at radius 3 is 2.67 bits per heavy atom. The maximum Gasteiger partial charge on any atom is 0.134 e. The second-order valence-corrected chi connectivity index (χ2v) is 5.32. The first-order valence-electron chi connectivity index (χ1n) is 7.02. The summed E-state index contributed by atoms with van der Waals surface area (Å²) in [6.45, 7) is 7.46. The SMILES string of the molecule is CCCCN(c1nc(C)cc(C)c1CO)C1CC1. The van der Waals surface area contributed by atoms with Crippen LogP contribution in [0.1, 0.15) is 49.4 Å². The Bertz CT molecular complexity index is 413. The molecule has 0 saturated heterocycles. The van der Waals surface area contributed by atoms with Crippen LogP contribution in [0, 0.1) is 13.8 Å². The Morgan fingerprint density at radius 2 is 2.11 bits per heavy atom. The molecule has 3 nitrogen and oxygen atoms in total. The number of aromatic nitrogens is 1. The van der Waals surface area contributed by atoms with Gasteiger partial charge in [0.15, 0.2) is 0 Å². The van der Waals surface area contributed by atoms with Gasteiger partial charge in [-0.25, -0.2) is 4.98 Å². The fourth-order valence-corrected chi connectivity index (χ4v) is 2.45. The summed E-state index contributed by atoms with van der Waals surface area (Å²) in [5, 5.41) is 9.60. The molecule has 0 radical (unpaired) electrons. The second kappa shape index (κ2) is 5.70. The van der Waals surface area contributed by atoms with Gasteiger partial charge < -0.3 is 10.0 Å². The monoisotopic (exact) mass is 248 g/mol. The molecule has 2 rings (SSSR count). The van der Waals surface area contributed by atoms with Gasteiger partial charge >= 0.3 is 0 Å². The minimum absolute atomic E-state index is 0.0871. The van der Waals surface area contributed by atoms with Crippen LogP contribution in [0.3, 0.4) is 0 Å². The zero-order valence-electron chi connectivity index (χ0n) is 11.7. The van der Waals surface area contributed by atoms with Gasteiger partial charge in [0.1, 0.15) is 5.82 Å². The summed E-state index contributed by atoms with van der Waals surface area (Å²) in [5.74, 6) is 1.02. The van der Waals surface area contributed by atoms with E-state index in [1.54, 1.807) is 0 Å². The number of aliphatic hydroxyl groups is 1. The van der Waals surface area contributed by atoms with Crippen LogP contribution in [0.2, 0.25) is 0 Å². The van der Waals surface area contributed by atoms with Crippen LogP contribution in [0.4, 0.5) is 5.82 Å². The molecule has 1 N–H and O–H groups in total. The van der Waals surface area contributed by atoms with Crippen molar-refractivity contribution in [2.45, 2.75) is 59.1 Å². The van der Waals surface area contributed by atoms with Crippen molar-refractivity contribution in [3.8, 4) is 0 Å². The average Bonchev–Trinajstić information content (AvgIpc) is 3.13. The summed E-state index contributed by atoms with van der Waals surface area (Å²) in [6, 6.07) is 2.70. The number of unbranched alkanes of at least 4 members (excludes halogenated alkanes) is 1. The van der Waals surface area contributed by atoms with Gasteiger partial charge in [-0.1, -0.05) is 13.3 Å². The molecular formula is C15H24N2O. The Morgan fingerprint density at radius 1 is 1.39 bits per heavy atom. The first-order chi connectivity index (χ1) is 8.67. The molecule has 18 heavy (non-hydrogen) atoms. The molecule has 1 aliphatic carbocycles. The molecular weight excluding hydrogens is 224 g/mol. The van der Waals surface area contributed by atoms with Gasteiger partial charge in [0.05, 0.1) is 6.61 Å². The summed E-state index contributed by atoms with van der Waals surface area (Å²) in [4.78, 5) is 7.10. The van der Waals surface area contributed by atoms with Gasteiger partial charge in [0.2, 0.25) is 0 Å². The van der Waals surface area contributed by atoms with E-state index in [-0.39, 0.29) is 6.61 Å². The van der Waals surface area contributed by atoms with Gasteiger partial charge in [-0.3, -0.25) is 0 Å². The third-order valence-electron chi connectivity index (χ3n) is 3.62. The summed E-state index contributed by atoms with van der Waals surface area (Å²) in [7, 11) is 0. The highest BCUT2D eigenvalue weighted by Crippen LogP contribution is 2.34. The van der Waals surface area contributed by atoms with Gasteiger partial charge in [-0.15, -0.1) is 0 Å². The summed E-state index contributed by atoms with van der Waals surface area (Å²) >= 11 is 0. The number of anilines is 1. The predicted octanol–water partition coefficient (Wildman–Crippen LogP) is 2.96. The second-order valence-electron chi connectivity index (χ2n) is 5.32. The van der Waals surface area contributed by atoms with Crippen molar-refractivity contribution in [2.24, 2.45) is 0 Å². The average molecular weight is 248 g/mol.